The molecule has 0 spiro atoms. The Labute approximate surface area is 115 Å². The van der Waals surface area contributed by atoms with Gasteiger partial charge in [0, 0.05) is 19.6 Å². The van der Waals surface area contributed by atoms with E-state index in [4.69, 9.17) is 4.74 Å². The lowest BCUT2D eigenvalue weighted by Gasteiger charge is -2.31. The first-order valence-corrected chi connectivity index (χ1v) is 6.92. The van der Waals surface area contributed by atoms with Crippen LogP contribution in [0.5, 0.6) is 5.75 Å². The minimum absolute atomic E-state index is 0.655. The van der Waals surface area contributed by atoms with Crippen molar-refractivity contribution in [1.82, 2.24) is 10.2 Å². The highest BCUT2D eigenvalue weighted by molar-refractivity contribution is 5.32. The van der Waals surface area contributed by atoms with E-state index in [0.29, 0.717) is 6.54 Å². The third kappa shape index (κ3) is 3.93. The Morgan fingerprint density at radius 3 is 3.00 bits per heavy atom. The first-order valence-electron chi connectivity index (χ1n) is 6.92. The summed E-state index contributed by atoms with van der Waals surface area (Å²) in [5, 5.41) is 14.1. The summed E-state index contributed by atoms with van der Waals surface area (Å²) in [6.07, 6.45) is 1.13. The predicted molar refractivity (Wildman–Crippen MR) is 76.5 cm³/mol. The van der Waals surface area contributed by atoms with Crippen molar-refractivity contribution >= 4 is 0 Å². The number of nitrogens with one attached hydrogen (secondary N) is 1. The number of hydrogen-bond donors (Lipinski definition) is 2. The van der Waals surface area contributed by atoms with E-state index in [1.165, 1.54) is 0 Å². The molecule has 1 atom stereocenters. The summed E-state index contributed by atoms with van der Waals surface area (Å²) in [5.41, 5.74) is 0.0582. The van der Waals surface area contributed by atoms with Crippen molar-refractivity contribution in [3.8, 4) is 5.75 Å². The molecule has 2 rings (SSSR count). The SMILES string of the molecule is COc1cccc(C(C)(O)CN2CCCNCC2)c1. The second-order valence-electron chi connectivity index (χ2n) is 5.39. The molecule has 1 aromatic carbocycles. The molecule has 1 saturated heterocycles. The van der Waals surface area contributed by atoms with Gasteiger partial charge in [0.1, 0.15) is 5.75 Å². The van der Waals surface area contributed by atoms with Crippen LogP contribution < -0.4 is 10.1 Å². The molecule has 1 fully saturated rings. The monoisotopic (exact) mass is 264 g/mol. The van der Waals surface area contributed by atoms with Gasteiger partial charge in [-0.2, -0.15) is 0 Å². The molecule has 0 saturated carbocycles. The van der Waals surface area contributed by atoms with Crippen LogP contribution in [0.3, 0.4) is 0 Å². The van der Waals surface area contributed by atoms with Crippen molar-refractivity contribution < 1.29 is 9.84 Å². The minimum Gasteiger partial charge on any atom is -0.497 e. The van der Waals surface area contributed by atoms with E-state index >= 15 is 0 Å². The molecule has 0 aromatic heterocycles. The second-order valence-corrected chi connectivity index (χ2v) is 5.39. The lowest BCUT2D eigenvalue weighted by atomic mass is 9.95. The average molecular weight is 264 g/mol. The van der Waals surface area contributed by atoms with Gasteiger partial charge in [-0.3, -0.25) is 4.90 Å². The predicted octanol–water partition coefficient (Wildman–Crippen LogP) is 1.20. The molecular weight excluding hydrogens is 240 g/mol. The molecule has 0 amide bonds. The molecule has 2 N–H and O–H groups in total. The fraction of sp³-hybridized carbons (Fsp3) is 0.600. The smallest absolute Gasteiger partial charge is 0.119 e. The van der Waals surface area contributed by atoms with E-state index in [-0.39, 0.29) is 0 Å². The van der Waals surface area contributed by atoms with Gasteiger partial charge >= 0.3 is 0 Å². The quantitative estimate of drug-likeness (QED) is 0.858. The number of ether oxygens (including phenoxy) is 1. The zero-order chi connectivity index (χ0) is 13.7. The van der Waals surface area contributed by atoms with Crippen LogP contribution in [0.2, 0.25) is 0 Å². The number of hydrogen-bond acceptors (Lipinski definition) is 4. The standard InChI is InChI=1S/C15H24N2O2/c1-15(18,12-17-9-4-7-16-8-10-17)13-5-3-6-14(11-13)19-2/h3,5-6,11,16,18H,4,7-10,12H2,1-2H3. The maximum Gasteiger partial charge on any atom is 0.119 e. The molecule has 1 aliphatic heterocycles. The molecule has 19 heavy (non-hydrogen) atoms. The molecular formula is C15H24N2O2. The summed E-state index contributed by atoms with van der Waals surface area (Å²) in [7, 11) is 1.65. The van der Waals surface area contributed by atoms with Crippen LogP contribution in [0.25, 0.3) is 0 Å². The van der Waals surface area contributed by atoms with Gasteiger partial charge in [-0.25, -0.2) is 0 Å². The van der Waals surface area contributed by atoms with Crippen LogP contribution >= 0.6 is 0 Å². The molecule has 1 unspecified atom stereocenters. The highest BCUT2D eigenvalue weighted by Crippen LogP contribution is 2.25. The highest BCUT2D eigenvalue weighted by atomic mass is 16.5. The molecule has 1 aliphatic rings. The van der Waals surface area contributed by atoms with E-state index in [0.717, 1.165) is 43.9 Å². The van der Waals surface area contributed by atoms with Crippen molar-refractivity contribution in [1.29, 1.82) is 0 Å². The molecule has 106 valence electrons. The largest absolute Gasteiger partial charge is 0.497 e. The normalized spacial score (nSPS) is 20.6. The summed E-state index contributed by atoms with van der Waals surface area (Å²) >= 11 is 0. The Kier molecular flexibility index (Phi) is 4.80. The minimum atomic E-state index is -0.848. The zero-order valence-corrected chi connectivity index (χ0v) is 11.9. The van der Waals surface area contributed by atoms with E-state index in [2.05, 4.69) is 10.2 Å². The third-order valence-corrected chi connectivity index (χ3v) is 3.66. The lowest BCUT2D eigenvalue weighted by molar-refractivity contribution is 0.0175. The van der Waals surface area contributed by atoms with E-state index in [9.17, 15) is 5.11 Å². The van der Waals surface area contributed by atoms with Crippen LogP contribution in [0, 0.1) is 0 Å². The maximum absolute atomic E-state index is 10.7. The van der Waals surface area contributed by atoms with E-state index in [1.54, 1.807) is 7.11 Å². The fourth-order valence-electron chi connectivity index (χ4n) is 2.54. The second kappa shape index (κ2) is 6.37. The number of β-amino-alcohol motifs (C(OH)–C–C–N with tert-alkyl or cyclic N) is 1. The van der Waals surface area contributed by atoms with Crippen LogP contribution in [0.4, 0.5) is 0 Å². The van der Waals surface area contributed by atoms with Crippen molar-refractivity contribution in [3.05, 3.63) is 29.8 Å². The zero-order valence-electron chi connectivity index (χ0n) is 11.9. The van der Waals surface area contributed by atoms with Crippen LogP contribution in [0.1, 0.15) is 18.9 Å². The summed E-state index contributed by atoms with van der Waals surface area (Å²) in [5.74, 6) is 0.787. The molecule has 1 heterocycles. The lowest BCUT2D eigenvalue weighted by Crippen LogP contribution is -2.40. The Bertz CT molecular complexity index is 399. The third-order valence-electron chi connectivity index (χ3n) is 3.66. The van der Waals surface area contributed by atoms with Crippen LogP contribution in [-0.4, -0.2) is 49.8 Å². The first kappa shape index (κ1) is 14.3. The molecule has 4 heteroatoms. The van der Waals surface area contributed by atoms with Gasteiger partial charge in [-0.1, -0.05) is 12.1 Å². The van der Waals surface area contributed by atoms with Gasteiger partial charge in [0.05, 0.1) is 12.7 Å². The average Bonchev–Trinajstić information content (AvgIpc) is 2.67. The Morgan fingerprint density at radius 2 is 2.21 bits per heavy atom. The van der Waals surface area contributed by atoms with Gasteiger partial charge in [0.15, 0.2) is 0 Å². The van der Waals surface area contributed by atoms with E-state index in [1.807, 2.05) is 31.2 Å². The maximum atomic E-state index is 10.7. The Balaban J connectivity index is 2.07. The van der Waals surface area contributed by atoms with Crippen molar-refractivity contribution in [3.63, 3.8) is 0 Å². The van der Waals surface area contributed by atoms with Crippen molar-refractivity contribution in [2.75, 3.05) is 39.8 Å². The van der Waals surface area contributed by atoms with Gasteiger partial charge < -0.3 is 15.2 Å². The summed E-state index contributed by atoms with van der Waals surface area (Å²) in [6, 6.07) is 7.69. The van der Waals surface area contributed by atoms with Crippen LogP contribution in [0.15, 0.2) is 24.3 Å². The Hall–Kier alpha value is -1.10. The van der Waals surface area contributed by atoms with E-state index < -0.39 is 5.60 Å². The number of methoxy groups -OCH3 is 1. The summed E-state index contributed by atoms with van der Waals surface area (Å²) in [4.78, 5) is 2.32. The van der Waals surface area contributed by atoms with Crippen molar-refractivity contribution in [2.24, 2.45) is 0 Å². The number of aliphatic hydroxyl groups is 1. The first-order chi connectivity index (χ1) is 9.12. The summed E-state index contributed by atoms with van der Waals surface area (Å²) in [6.45, 7) is 6.61. The topological polar surface area (TPSA) is 44.7 Å². The molecule has 0 aliphatic carbocycles. The molecule has 4 nitrogen and oxygen atoms in total. The van der Waals surface area contributed by atoms with Gasteiger partial charge in [0.25, 0.3) is 0 Å². The Morgan fingerprint density at radius 1 is 1.37 bits per heavy atom. The van der Waals surface area contributed by atoms with Crippen LogP contribution in [-0.2, 0) is 5.60 Å². The fourth-order valence-corrected chi connectivity index (χ4v) is 2.54. The highest BCUT2D eigenvalue weighted by Gasteiger charge is 2.26. The molecule has 0 radical (unpaired) electrons. The number of rotatable bonds is 4. The van der Waals surface area contributed by atoms with Gasteiger partial charge in [-0.15, -0.1) is 0 Å². The molecule has 0 bridgehead atoms. The number of benzene rings is 1. The molecule has 1 aromatic rings. The summed E-state index contributed by atoms with van der Waals surface area (Å²) < 4.78 is 5.23. The number of nitrogens with zero attached hydrogens (tertiary/aromatic N) is 1. The van der Waals surface area contributed by atoms with Gasteiger partial charge in [-0.05, 0) is 44.1 Å². The van der Waals surface area contributed by atoms with Crippen molar-refractivity contribution in [2.45, 2.75) is 18.9 Å². The van der Waals surface area contributed by atoms with Gasteiger partial charge in [0.2, 0.25) is 0 Å².